The SMILES string of the molecule is CC(C)(C)N(Cc1ccc(Br)cc1)Cc1ccc(Br)cc1. The molecule has 0 saturated heterocycles. The van der Waals surface area contributed by atoms with Gasteiger partial charge in [0.15, 0.2) is 0 Å². The van der Waals surface area contributed by atoms with Gasteiger partial charge in [0.1, 0.15) is 0 Å². The van der Waals surface area contributed by atoms with Crippen LogP contribution in [-0.2, 0) is 13.1 Å². The van der Waals surface area contributed by atoms with Gasteiger partial charge in [-0.2, -0.15) is 0 Å². The van der Waals surface area contributed by atoms with Crippen molar-refractivity contribution in [2.24, 2.45) is 0 Å². The molecule has 0 spiro atoms. The minimum absolute atomic E-state index is 0.125. The minimum Gasteiger partial charge on any atom is -0.290 e. The third kappa shape index (κ3) is 5.24. The van der Waals surface area contributed by atoms with E-state index in [1.807, 2.05) is 0 Å². The molecular weight excluding hydrogens is 390 g/mol. The Morgan fingerprint density at radius 1 is 0.714 bits per heavy atom. The minimum atomic E-state index is 0.125. The van der Waals surface area contributed by atoms with Crippen LogP contribution < -0.4 is 0 Å². The lowest BCUT2D eigenvalue weighted by atomic mass is 10.0. The molecule has 2 aromatic rings. The lowest BCUT2D eigenvalue weighted by molar-refractivity contribution is 0.118. The van der Waals surface area contributed by atoms with E-state index in [0.29, 0.717) is 0 Å². The quantitative estimate of drug-likeness (QED) is 0.596. The predicted molar refractivity (Wildman–Crippen MR) is 97.3 cm³/mol. The van der Waals surface area contributed by atoms with Gasteiger partial charge in [0, 0.05) is 27.6 Å². The first kappa shape index (κ1) is 16.7. The molecule has 0 atom stereocenters. The standard InChI is InChI=1S/C18H21Br2N/c1-18(2,3)21(12-14-4-8-16(19)9-5-14)13-15-6-10-17(20)11-7-15/h4-11H,12-13H2,1-3H3. The zero-order chi connectivity index (χ0) is 15.5. The van der Waals surface area contributed by atoms with Crippen molar-refractivity contribution in [2.75, 3.05) is 0 Å². The highest BCUT2D eigenvalue weighted by molar-refractivity contribution is 9.10. The lowest BCUT2D eigenvalue weighted by Gasteiger charge is -2.36. The van der Waals surface area contributed by atoms with Gasteiger partial charge in [0.2, 0.25) is 0 Å². The van der Waals surface area contributed by atoms with E-state index >= 15 is 0 Å². The molecule has 0 aliphatic rings. The highest BCUT2D eigenvalue weighted by Crippen LogP contribution is 2.22. The first-order chi connectivity index (χ1) is 9.84. The van der Waals surface area contributed by atoms with Crippen LogP contribution in [0.15, 0.2) is 57.5 Å². The highest BCUT2D eigenvalue weighted by Gasteiger charge is 2.21. The van der Waals surface area contributed by atoms with E-state index in [-0.39, 0.29) is 5.54 Å². The smallest absolute Gasteiger partial charge is 0.0242 e. The van der Waals surface area contributed by atoms with Gasteiger partial charge in [0.25, 0.3) is 0 Å². The monoisotopic (exact) mass is 409 g/mol. The molecule has 0 saturated carbocycles. The van der Waals surface area contributed by atoms with Gasteiger partial charge in [-0.05, 0) is 56.2 Å². The predicted octanol–water partition coefficient (Wildman–Crippen LogP) is 6.01. The normalized spacial score (nSPS) is 11.9. The van der Waals surface area contributed by atoms with Crippen LogP contribution in [0.3, 0.4) is 0 Å². The van der Waals surface area contributed by atoms with Crippen molar-refractivity contribution in [3.05, 3.63) is 68.6 Å². The van der Waals surface area contributed by atoms with Crippen LogP contribution in [0.2, 0.25) is 0 Å². The van der Waals surface area contributed by atoms with Crippen molar-refractivity contribution < 1.29 is 0 Å². The van der Waals surface area contributed by atoms with E-state index in [0.717, 1.165) is 22.0 Å². The molecule has 0 heterocycles. The summed E-state index contributed by atoms with van der Waals surface area (Å²) in [4.78, 5) is 2.50. The first-order valence-electron chi connectivity index (χ1n) is 7.08. The van der Waals surface area contributed by atoms with Crippen molar-refractivity contribution in [3.8, 4) is 0 Å². The van der Waals surface area contributed by atoms with Crippen molar-refractivity contribution in [2.45, 2.75) is 39.4 Å². The molecule has 21 heavy (non-hydrogen) atoms. The average Bonchev–Trinajstić information content (AvgIpc) is 2.42. The van der Waals surface area contributed by atoms with Crippen molar-refractivity contribution in [1.29, 1.82) is 0 Å². The molecule has 2 rings (SSSR count). The van der Waals surface area contributed by atoms with Crippen molar-refractivity contribution in [1.82, 2.24) is 4.90 Å². The molecule has 0 fully saturated rings. The molecule has 1 nitrogen and oxygen atoms in total. The summed E-state index contributed by atoms with van der Waals surface area (Å²) in [6.07, 6.45) is 0. The Morgan fingerprint density at radius 3 is 1.33 bits per heavy atom. The van der Waals surface area contributed by atoms with Gasteiger partial charge in [-0.25, -0.2) is 0 Å². The summed E-state index contributed by atoms with van der Waals surface area (Å²) in [6, 6.07) is 17.2. The number of nitrogens with zero attached hydrogens (tertiary/aromatic N) is 1. The second-order valence-corrected chi connectivity index (χ2v) is 8.11. The maximum atomic E-state index is 3.49. The summed E-state index contributed by atoms with van der Waals surface area (Å²) in [6.45, 7) is 8.71. The van der Waals surface area contributed by atoms with E-state index in [4.69, 9.17) is 0 Å². The fourth-order valence-electron chi connectivity index (χ4n) is 2.15. The summed E-state index contributed by atoms with van der Waals surface area (Å²) in [5.41, 5.74) is 2.80. The fraction of sp³-hybridized carbons (Fsp3) is 0.333. The highest BCUT2D eigenvalue weighted by atomic mass is 79.9. The Hall–Kier alpha value is -0.640. The molecule has 0 unspecified atom stereocenters. The van der Waals surface area contributed by atoms with E-state index in [2.05, 4.69) is 106 Å². The molecule has 112 valence electrons. The molecular formula is C18H21Br2N. The van der Waals surface area contributed by atoms with E-state index in [1.165, 1.54) is 11.1 Å². The van der Waals surface area contributed by atoms with Crippen LogP contribution in [0.1, 0.15) is 31.9 Å². The van der Waals surface area contributed by atoms with Crippen molar-refractivity contribution >= 4 is 31.9 Å². The Labute approximate surface area is 144 Å². The molecule has 2 aromatic carbocycles. The third-order valence-electron chi connectivity index (χ3n) is 3.52. The topological polar surface area (TPSA) is 3.24 Å². The van der Waals surface area contributed by atoms with Gasteiger partial charge in [-0.15, -0.1) is 0 Å². The van der Waals surface area contributed by atoms with Crippen LogP contribution in [0.4, 0.5) is 0 Å². The Bertz CT molecular complexity index is 520. The summed E-state index contributed by atoms with van der Waals surface area (Å²) in [5, 5.41) is 0. The van der Waals surface area contributed by atoms with E-state index in [9.17, 15) is 0 Å². The van der Waals surface area contributed by atoms with Gasteiger partial charge >= 0.3 is 0 Å². The van der Waals surface area contributed by atoms with Crippen LogP contribution in [0.5, 0.6) is 0 Å². The Morgan fingerprint density at radius 2 is 1.05 bits per heavy atom. The lowest BCUT2D eigenvalue weighted by Crippen LogP contribution is -2.40. The summed E-state index contributed by atoms with van der Waals surface area (Å²) >= 11 is 6.99. The Kier molecular flexibility index (Phi) is 5.64. The van der Waals surface area contributed by atoms with Crippen LogP contribution in [0.25, 0.3) is 0 Å². The summed E-state index contributed by atoms with van der Waals surface area (Å²) < 4.78 is 2.25. The molecule has 0 N–H and O–H groups in total. The van der Waals surface area contributed by atoms with Crippen LogP contribution in [-0.4, -0.2) is 10.4 Å². The number of hydrogen-bond acceptors (Lipinski definition) is 1. The van der Waals surface area contributed by atoms with Gasteiger partial charge in [0.05, 0.1) is 0 Å². The molecule has 0 radical (unpaired) electrons. The van der Waals surface area contributed by atoms with E-state index in [1.54, 1.807) is 0 Å². The number of rotatable bonds is 4. The van der Waals surface area contributed by atoms with Gasteiger partial charge in [-0.3, -0.25) is 4.90 Å². The van der Waals surface area contributed by atoms with Crippen LogP contribution in [0, 0.1) is 0 Å². The fourth-order valence-corrected chi connectivity index (χ4v) is 2.68. The molecule has 0 aliphatic heterocycles. The first-order valence-corrected chi connectivity index (χ1v) is 8.67. The summed E-state index contributed by atoms with van der Waals surface area (Å²) in [7, 11) is 0. The number of halogens is 2. The molecule has 0 aliphatic carbocycles. The Balaban J connectivity index is 2.15. The summed E-state index contributed by atoms with van der Waals surface area (Å²) in [5.74, 6) is 0. The molecule has 3 heteroatoms. The van der Waals surface area contributed by atoms with Crippen LogP contribution >= 0.6 is 31.9 Å². The second-order valence-electron chi connectivity index (χ2n) is 6.28. The zero-order valence-electron chi connectivity index (χ0n) is 12.7. The maximum absolute atomic E-state index is 3.49. The second kappa shape index (κ2) is 7.08. The third-order valence-corrected chi connectivity index (χ3v) is 4.58. The van der Waals surface area contributed by atoms with Gasteiger partial charge < -0.3 is 0 Å². The maximum Gasteiger partial charge on any atom is 0.0242 e. The number of hydrogen-bond donors (Lipinski definition) is 0. The molecule has 0 bridgehead atoms. The molecule has 0 aromatic heterocycles. The zero-order valence-corrected chi connectivity index (χ0v) is 15.9. The molecule has 0 amide bonds. The van der Waals surface area contributed by atoms with E-state index < -0.39 is 0 Å². The van der Waals surface area contributed by atoms with Gasteiger partial charge in [-0.1, -0.05) is 56.1 Å². The largest absolute Gasteiger partial charge is 0.290 e. The van der Waals surface area contributed by atoms with Crippen molar-refractivity contribution in [3.63, 3.8) is 0 Å². The number of benzene rings is 2. The average molecular weight is 411 g/mol.